The Morgan fingerprint density at radius 3 is 2.48 bits per heavy atom. The third-order valence-electron chi connectivity index (χ3n) is 3.28. The molecular weight excluding hydrogens is 290 g/mol. The van der Waals surface area contributed by atoms with Gasteiger partial charge in [-0.15, -0.1) is 0 Å². The van der Waals surface area contributed by atoms with Crippen LogP contribution in [0.15, 0.2) is 48.5 Å². The predicted molar refractivity (Wildman–Crippen MR) is 83.0 cm³/mol. The number of benzene rings is 2. The summed E-state index contributed by atoms with van der Waals surface area (Å²) in [6, 6.07) is 13.6. The molecule has 0 radical (unpaired) electrons. The Labute approximate surface area is 128 Å². The highest BCUT2D eigenvalue weighted by Gasteiger charge is 2.19. The molecule has 0 saturated carbocycles. The molecule has 5 heteroatoms. The molecule has 1 unspecified atom stereocenters. The van der Waals surface area contributed by atoms with E-state index in [0.717, 1.165) is 11.3 Å². The Balaban J connectivity index is 2.35. The zero-order valence-electron chi connectivity index (χ0n) is 11.5. The molecule has 4 nitrogen and oxygen atoms in total. The van der Waals surface area contributed by atoms with E-state index in [1.807, 2.05) is 13.0 Å². The lowest BCUT2D eigenvalue weighted by Crippen LogP contribution is -2.32. The standard InChI is InChI=1S/C16H16ClNO3/c1-11(12-3-2-4-15(19)9-12)18(10-16(20)21)14-7-5-13(17)6-8-14/h2-9,11,19H,10H2,1H3,(H,20,21). The first kappa shape index (κ1) is 15.2. The van der Waals surface area contributed by atoms with E-state index < -0.39 is 5.97 Å². The van der Waals surface area contributed by atoms with Gasteiger partial charge in [0.1, 0.15) is 12.3 Å². The lowest BCUT2D eigenvalue weighted by molar-refractivity contribution is -0.135. The average Bonchev–Trinajstić information content (AvgIpc) is 2.45. The number of anilines is 1. The van der Waals surface area contributed by atoms with Crippen LogP contribution in [0.4, 0.5) is 5.69 Å². The summed E-state index contributed by atoms with van der Waals surface area (Å²) < 4.78 is 0. The van der Waals surface area contributed by atoms with Crippen LogP contribution in [-0.4, -0.2) is 22.7 Å². The van der Waals surface area contributed by atoms with Crippen molar-refractivity contribution in [3.8, 4) is 5.75 Å². The van der Waals surface area contributed by atoms with Gasteiger partial charge in [-0.3, -0.25) is 4.79 Å². The topological polar surface area (TPSA) is 60.8 Å². The van der Waals surface area contributed by atoms with Gasteiger partial charge in [-0.1, -0.05) is 23.7 Å². The SMILES string of the molecule is CC(c1cccc(O)c1)N(CC(=O)O)c1ccc(Cl)cc1. The number of hydrogen-bond acceptors (Lipinski definition) is 3. The molecular formula is C16H16ClNO3. The minimum absolute atomic E-state index is 0.140. The summed E-state index contributed by atoms with van der Waals surface area (Å²) in [6.45, 7) is 1.75. The Morgan fingerprint density at radius 1 is 1.24 bits per heavy atom. The van der Waals surface area contributed by atoms with Crippen LogP contribution < -0.4 is 4.90 Å². The van der Waals surface area contributed by atoms with Crippen LogP contribution in [0.2, 0.25) is 5.02 Å². The number of aliphatic carboxylic acids is 1. The second kappa shape index (κ2) is 6.50. The van der Waals surface area contributed by atoms with Crippen molar-refractivity contribution in [2.45, 2.75) is 13.0 Å². The van der Waals surface area contributed by atoms with E-state index in [4.69, 9.17) is 16.7 Å². The van der Waals surface area contributed by atoms with Crippen LogP contribution in [-0.2, 0) is 4.79 Å². The molecule has 2 N–H and O–H groups in total. The van der Waals surface area contributed by atoms with Crippen LogP contribution in [0, 0.1) is 0 Å². The molecule has 0 aromatic heterocycles. The van der Waals surface area contributed by atoms with Gasteiger partial charge in [0.05, 0.1) is 6.04 Å². The highest BCUT2D eigenvalue weighted by molar-refractivity contribution is 6.30. The predicted octanol–water partition coefficient (Wildman–Crippen LogP) is 3.70. The van der Waals surface area contributed by atoms with E-state index in [0.29, 0.717) is 5.02 Å². The maximum absolute atomic E-state index is 11.1. The van der Waals surface area contributed by atoms with Crippen molar-refractivity contribution in [2.24, 2.45) is 0 Å². The summed E-state index contributed by atoms with van der Waals surface area (Å²) in [7, 11) is 0. The molecule has 0 aliphatic heterocycles. The number of phenols is 1. The van der Waals surface area contributed by atoms with Crippen LogP contribution in [0.3, 0.4) is 0 Å². The molecule has 0 aliphatic rings. The second-order valence-electron chi connectivity index (χ2n) is 4.77. The summed E-state index contributed by atoms with van der Waals surface area (Å²) in [5.41, 5.74) is 1.60. The van der Waals surface area contributed by atoms with Gasteiger partial charge in [-0.25, -0.2) is 0 Å². The van der Waals surface area contributed by atoms with Crippen molar-refractivity contribution in [3.05, 3.63) is 59.1 Å². The van der Waals surface area contributed by atoms with Crippen LogP contribution in [0.5, 0.6) is 5.75 Å². The molecule has 2 aromatic carbocycles. The van der Waals surface area contributed by atoms with Crippen LogP contribution >= 0.6 is 11.6 Å². The monoisotopic (exact) mass is 305 g/mol. The first-order valence-electron chi connectivity index (χ1n) is 6.50. The third-order valence-corrected chi connectivity index (χ3v) is 3.54. The Bertz CT molecular complexity index is 628. The quantitative estimate of drug-likeness (QED) is 0.884. The van der Waals surface area contributed by atoms with E-state index >= 15 is 0 Å². The number of nitrogens with zero attached hydrogens (tertiary/aromatic N) is 1. The Hall–Kier alpha value is -2.20. The Morgan fingerprint density at radius 2 is 1.90 bits per heavy atom. The smallest absolute Gasteiger partial charge is 0.323 e. The lowest BCUT2D eigenvalue weighted by atomic mass is 10.1. The van der Waals surface area contributed by atoms with Gasteiger partial charge < -0.3 is 15.1 Å². The van der Waals surface area contributed by atoms with Gasteiger partial charge >= 0.3 is 5.97 Å². The van der Waals surface area contributed by atoms with E-state index in [1.165, 1.54) is 0 Å². The molecule has 0 heterocycles. The number of phenolic OH excluding ortho intramolecular Hbond substituents is 1. The van der Waals surface area contributed by atoms with Crippen molar-refractivity contribution >= 4 is 23.3 Å². The fraction of sp³-hybridized carbons (Fsp3) is 0.188. The lowest BCUT2D eigenvalue weighted by Gasteiger charge is -2.30. The molecule has 110 valence electrons. The molecule has 2 aromatic rings. The summed E-state index contributed by atoms with van der Waals surface area (Å²) in [6.07, 6.45) is 0. The molecule has 0 bridgehead atoms. The van der Waals surface area contributed by atoms with Gasteiger partial charge in [-0.05, 0) is 48.9 Å². The largest absolute Gasteiger partial charge is 0.508 e. The van der Waals surface area contributed by atoms with Crippen molar-refractivity contribution < 1.29 is 15.0 Å². The van der Waals surface area contributed by atoms with Gasteiger partial charge in [0.25, 0.3) is 0 Å². The van der Waals surface area contributed by atoms with Crippen molar-refractivity contribution in [1.82, 2.24) is 0 Å². The molecule has 2 rings (SSSR count). The molecule has 1 atom stereocenters. The number of carboxylic acids is 1. The molecule has 21 heavy (non-hydrogen) atoms. The summed E-state index contributed by atoms with van der Waals surface area (Å²) >= 11 is 5.87. The normalized spacial score (nSPS) is 11.9. The highest BCUT2D eigenvalue weighted by Crippen LogP contribution is 2.29. The summed E-state index contributed by atoms with van der Waals surface area (Å²) in [5, 5.41) is 19.3. The van der Waals surface area contributed by atoms with Gasteiger partial charge in [0.15, 0.2) is 0 Å². The molecule has 0 spiro atoms. The van der Waals surface area contributed by atoms with E-state index in [1.54, 1.807) is 47.4 Å². The maximum Gasteiger partial charge on any atom is 0.323 e. The van der Waals surface area contributed by atoms with Crippen molar-refractivity contribution in [3.63, 3.8) is 0 Å². The van der Waals surface area contributed by atoms with E-state index in [9.17, 15) is 9.90 Å². The van der Waals surface area contributed by atoms with Crippen LogP contribution in [0.1, 0.15) is 18.5 Å². The van der Waals surface area contributed by atoms with Gasteiger partial charge in [0, 0.05) is 10.7 Å². The number of halogens is 1. The minimum atomic E-state index is -0.919. The van der Waals surface area contributed by atoms with Crippen molar-refractivity contribution in [2.75, 3.05) is 11.4 Å². The maximum atomic E-state index is 11.1. The minimum Gasteiger partial charge on any atom is -0.508 e. The molecule has 0 fully saturated rings. The fourth-order valence-electron chi connectivity index (χ4n) is 2.19. The number of carboxylic acid groups (broad SMARTS) is 1. The third kappa shape index (κ3) is 3.89. The number of carbonyl (C=O) groups is 1. The van der Waals surface area contributed by atoms with Gasteiger partial charge in [-0.2, -0.15) is 0 Å². The second-order valence-corrected chi connectivity index (χ2v) is 5.21. The highest BCUT2D eigenvalue weighted by atomic mass is 35.5. The molecule has 0 amide bonds. The number of aromatic hydroxyl groups is 1. The summed E-state index contributed by atoms with van der Waals surface area (Å²) in [4.78, 5) is 12.9. The van der Waals surface area contributed by atoms with E-state index in [-0.39, 0.29) is 18.3 Å². The average molecular weight is 306 g/mol. The fourth-order valence-corrected chi connectivity index (χ4v) is 2.32. The zero-order chi connectivity index (χ0) is 15.4. The van der Waals surface area contributed by atoms with Gasteiger partial charge in [0.2, 0.25) is 0 Å². The van der Waals surface area contributed by atoms with E-state index in [2.05, 4.69) is 0 Å². The summed E-state index contributed by atoms with van der Waals surface area (Å²) in [5.74, 6) is -0.761. The molecule has 0 aliphatic carbocycles. The first-order chi connectivity index (χ1) is 9.97. The number of rotatable bonds is 5. The first-order valence-corrected chi connectivity index (χ1v) is 6.88. The van der Waals surface area contributed by atoms with Crippen LogP contribution in [0.25, 0.3) is 0 Å². The Kier molecular flexibility index (Phi) is 4.70. The van der Waals surface area contributed by atoms with Crippen molar-refractivity contribution in [1.29, 1.82) is 0 Å². The number of hydrogen-bond donors (Lipinski definition) is 2. The molecule has 0 saturated heterocycles. The zero-order valence-corrected chi connectivity index (χ0v) is 12.3.